The molecule has 1 heterocycles. The second-order valence-electron chi connectivity index (χ2n) is 5.05. The fourth-order valence-electron chi connectivity index (χ4n) is 2.17. The van der Waals surface area contributed by atoms with Crippen molar-refractivity contribution < 1.29 is 9.47 Å². The highest BCUT2D eigenvalue weighted by Crippen LogP contribution is 2.38. The number of halogens is 1. The van der Waals surface area contributed by atoms with Crippen molar-refractivity contribution in [3.8, 4) is 0 Å². The lowest BCUT2D eigenvalue weighted by Crippen LogP contribution is -2.41. The minimum absolute atomic E-state index is 0.0569. The van der Waals surface area contributed by atoms with Gasteiger partial charge in [0.05, 0.1) is 12.2 Å². The molecular weight excluding hydrogens is 256 g/mol. The summed E-state index contributed by atoms with van der Waals surface area (Å²) in [7, 11) is 0. The SMILES string of the molecule is CC(COC1(CBr)CCOCC1)C1CC1. The number of hydrogen-bond donors (Lipinski definition) is 0. The van der Waals surface area contributed by atoms with Crippen LogP contribution in [0.2, 0.25) is 0 Å². The third-order valence-corrected chi connectivity index (χ3v) is 4.75. The molecule has 3 heteroatoms. The van der Waals surface area contributed by atoms with Gasteiger partial charge in [0.25, 0.3) is 0 Å². The largest absolute Gasteiger partial charge is 0.381 e. The van der Waals surface area contributed by atoms with Gasteiger partial charge in [-0.25, -0.2) is 0 Å². The molecule has 88 valence electrons. The van der Waals surface area contributed by atoms with Gasteiger partial charge in [0.15, 0.2) is 0 Å². The van der Waals surface area contributed by atoms with Gasteiger partial charge in [-0.05, 0) is 24.7 Å². The molecule has 2 aliphatic rings. The summed E-state index contributed by atoms with van der Waals surface area (Å²) in [5, 5.41) is 0.945. The average molecular weight is 277 g/mol. The van der Waals surface area contributed by atoms with Gasteiger partial charge in [0, 0.05) is 31.4 Å². The zero-order valence-electron chi connectivity index (χ0n) is 9.51. The van der Waals surface area contributed by atoms with E-state index in [4.69, 9.17) is 9.47 Å². The normalized spacial score (nSPS) is 27.6. The smallest absolute Gasteiger partial charge is 0.0822 e. The molecule has 0 radical (unpaired) electrons. The van der Waals surface area contributed by atoms with Crippen molar-refractivity contribution in [2.24, 2.45) is 11.8 Å². The second kappa shape index (κ2) is 5.15. The first-order valence-corrected chi connectivity index (χ1v) is 7.15. The van der Waals surface area contributed by atoms with E-state index in [2.05, 4.69) is 22.9 Å². The Morgan fingerprint density at radius 3 is 2.60 bits per heavy atom. The molecular formula is C12H21BrO2. The first-order valence-electron chi connectivity index (χ1n) is 6.03. The first kappa shape index (κ1) is 11.9. The van der Waals surface area contributed by atoms with Gasteiger partial charge in [-0.2, -0.15) is 0 Å². The van der Waals surface area contributed by atoms with Crippen molar-refractivity contribution in [1.29, 1.82) is 0 Å². The lowest BCUT2D eigenvalue weighted by molar-refractivity contribution is -0.105. The van der Waals surface area contributed by atoms with Crippen LogP contribution in [0.1, 0.15) is 32.6 Å². The van der Waals surface area contributed by atoms with Gasteiger partial charge >= 0.3 is 0 Å². The summed E-state index contributed by atoms with van der Waals surface area (Å²) in [5.74, 6) is 1.68. The van der Waals surface area contributed by atoms with E-state index in [1.54, 1.807) is 0 Å². The molecule has 0 N–H and O–H groups in total. The maximum Gasteiger partial charge on any atom is 0.0822 e. The molecule has 15 heavy (non-hydrogen) atoms. The lowest BCUT2D eigenvalue weighted by atomic mass is 9.96. The monoisotopic (exact) mass is 276 g/mol. The van der Waals surface area contributed by atoms with Crippen LogP contribution in [0, 0.1) is 11.8 Å². The third kappa shape index (κ3) is 3.18. The summed E-state index contributed by atoms with van der Waals surface area (Å²) in [5.41, 5.74) is 0.0569. The summed E-state index contributed by atoms with van der Waals surface area (Å²) in [4.78, 5) is 0. The Hall–Kier alpha value is 0.400. The maximum atomic E-state index is 6.16. The summed E-state index contributed by atoms with van der Waals surface area (Å²) in [6.07, 6.45) is 4.90. The molecule has 0 aromatic carbocycles. The van der Waals surface area contributed by atoms with Gasteiger partial charge in [-0.1, -0.05) is 22.9 Å². The highest BCUT2D eigenvalue weighted by molar-refractivity contribution is 9.09. The molecule has 2 nitrogen and oxygen atoms in total. The lowest BCUT2D eigenvalue weighted by Gasteiger charge is -2.36. The van der Waals surface area contributed by atoms with Crippen molar-refractivity contribution in [2.75, 3.05) is 25.2 Å². The standard InChI is InChI=1S/C12H21BrO2/c1-10(11-2-3-11)8-15-12(9-13)4-6-14-7-5-12/h10-11H,2-9H2,1H3. The molecule has 0 amide bonds. The summed E-state index contributed by atoms with van der Waals surface area (Å²) >= 11 is 3.59. The molecule has 1 saturated heterocycles. The van der Waals surface area contributed by atoms with Crippen LogP contribution < -0.4 is 0 Å². The molecule has 1 atom stereocenters. The number of ether oxygens (including phenoxy) is 2. The van der Waals surface area contributed by atoms with Crippen LogP contribution in [0.15, 0.2) is 0 Å². The van der Waals surface area contributed by atoms with Gasteiger partial charge in [0.1, 0.15) is 0 Å². The van der Waals surface area contributed by atoms with E-state index >= 15 is 0 Å². The second-order valence-corrected chi connectivity index (χ2v) is 5.62. The quantitative estimate of drug-likeness (QED) is 0.719. The number of alkyl halides is 1. The Kier molecular flexibility index (Phi) is 4.08. The van der Waals surface area contributed by atoms with Crippen LogP contribution in [-0.4, -0.2) is 30.8 Å². The van der Waals surface area contributed by atoms with Gasteiger partial charge in [-0.3, -0.25) is 0 Å². The van der Waals surface area contributed by atoms with Crippen molar-refractivity contribution in [3.05, 3.63) is 0 Å². The van der Waals surface area contributed by atoms with Crippen LogP contribution in [0.5, 0.6) is 0 Å². The summed E-state index contributed by atoms with van der Waals surface area (Å²) in [6.45, 7) is 4.95. The molecule has 1 aliphatic carbocycles. The minimum Gasteiger partial charge on any atom is -0.381 e. The number of hydrogen-bond acceptors (Lipinski definition) is 2. The van der Waals surface area contributed by atoms with E-state index in [1.165, 1.54) is 12.8 Å². The van der Waals surface area contributed by atoms with E-state index in [9.17, 15) is 0 Å². The van der Waals surface area contributed by atoms with Gasteiger partial charge in [0.2, 0.25) is 0 Å². The highest BCUT2D eigenvalue weighted by atomic mass is 79.9. The topological polar surface area (TPSA) is 18.5 Å². The Labute approximate surface area is 101 Å². The summed E-state index contributed by atoms with van der Waals surface area (Å²) in [6, 6.07) is 0. The van der Waals surface area contributed by atoms with Crippen molar-refractivity contribution >= 4 is 15.9 Å². The molecule has 2 rings (SSSR count). The Balaban J connectivity index is 1.78. The van der Waals surface area contributed by atoms with Crippen LogP contribution in [0.25, 0.3) is 0 Å². The predicted molar refractivity (Wildman–Crippen MR) is 64.4 cm³/mol. The molecule has 0 aromatic heterocycles. The van der Waals surface area contributed by atoms with E-state index in [-0.39, 0.29) is 5.60 Å². The zero-order valence-corrected chi connectivity index (χ0v) is 11.1. The van der Waals surface area contributed by atoms with Crippen LogP contribution in [-0.2, 0) is 9.47 Å². The summed E-state index contributed by atoms with van der Waals surface area (Å²) < 4.78 is 11.5. The van der Waals surface area contributed by atoms with Crippen molar-refractivity contribution in [1.82, 2.24) is 0 Å². The van der Waals surface area contributed by atoms with E-state index in [1.807, 2.05) is 0 Å². The molecule has 0 bridgehead atoms. The average Bonchev–Trinajstić information content (AvgIpc) is 3.11. The Morgan fingerprint density at radius 1 is 1.40 bits per heavy atom. The van der Waals surface area contributed by atoms with E-state index < -0.39 is 0 Å². The van der Waals surface area contributed by atoms with Crippen LogP contribution in [0.3, 0.4) is 0 Å². The fraction of sp³-hybridized carbons (Fsp3) is 1.00. The molecule has 0 spiro atoms. The minimum atomic E-state index is 0.0569. The highest BCUT2D eigenvalue weighted by Gasteiger charge is 2.35. The third-order valence-electron chi connectivity index (χ3n) is 3.73. The van der Waals surface area contributed by atoms with Crippen molar-refractivity contribution in [2.45, 2.75) is 38.2 Å². The zero-order chi connectivity index (χ0) is 10.7. The van der Waals surface area contributed by atoms with Crippen molar-refractivity contribution in [3.63, 3.8) is 0 Å². The molecule has 1 aliphatic heterocycles. The van der Waals surface area contributed by atoms with Gasteiger partial charge in [-0.15, -0.1) is 0 Å². The number of rotatable bonds is 5. The Bertz CT molecular complexity index is 198. The van der Waals surface area contributed by atoms with Crippen LogP contribution >= 0.6 is 15.9 Å². The van der Waals surface area contributed by atoms with Crippen LogP contribution in [0.4, 0.5) is 0 Å². The fourth-order valence-corrected chi connectivity index (χ4v) is 2.89. The van der Waals surface area contributed by atoms with E-state index in [0.29, 0.717) is 0 Å². The molecule has 1 unspecified atom stereocenters. The maximum absolute atomic E-state index is 6.16. The molecule has 2 fully saturated rings. The van der Waals surface area contributed by atoms with Gasteiger partial charge < -0.3 is 9.47 Å². The predicted octanol–water partition coefficient (Wildman–Crippen LogP) is 2.99. The van der Waals surface area contributed by atoms with E-state index in [0.717, 1.165) is 49.8 Å². The molecule has 1 saturated carbocycles. The first-order chi connectivity index (χ1) is 7.26. The molecule has 0 aromatic rings. The Morgan fingerprint density at radius 2 is 2.07 bits per heavy atom.